The van der Waals surface area contributed by atoms with Gasteiger partial charge in [0.05, 0.1) is 6.04 Å². The lowest BCUT2D eigenvalue weighted by atomic mass is 10.1. The number of nitrogens with two attached hydrogens (primary N) is 2. The molecule has 0 amide bonds. The summed E-state index contributed by atoms with van der Waals surface area (Å²) >= 11 is 0. The van der Waals surface area contributed by atoms with E-state index in [4.69, 9.17) is 11.5 Å². The van der Waals surface area contributed by atoms with Crippen molar-refractivity contribution < 1.29 is 0 Å². The maximum Gasteiger partial charge on any atom is 0.123 e. The van der Waals surface area contributed by atoms with Gasteiger partial charge in [0.15, 0.2) is 0 Å². The number of hydrogen-bond donors (Lipinski definition) is 3. The second kappa shape index (κ2) is 6.16. The highest BCUT2D eigenvalue weighted by Gasteiger charge is 2.10. The van der Waals surface area contributed by atoms with Crippen LogP contribution < -0.4 is 16.8 Å². The quantitative estimate of drug-likeness (QED) is 0.687. The molecule has 0 atom stereocenters. The monoisotopic (exact) mass is 245 g/mol. The molecule has 5 nitrogen and oxygen atoms in total. The SMILES string of the molecule is N/C=C(\C=NC1CCNCC1)c1ccc(N)nc1. The van der Waals surface area contributed by atoms with Crippen molar-refractivity contribution in [1.82, 2.24) is 10.3 Å². The highest BCUT2D eigenvalue weighted by atomic mass is 14.9. The molecule has 18 heavy (non-hydrogen) atoms. The van der Waals surface area contributed by atoms with Gasteiger partial charge in [-0.15, -0.1) is 0 Å². The minimum atomic E-state index is 0.392. The zero-order chi connectivity index (χ0) is 12.8. The molecule has 0 aliphatic carbocycles. The summed E-state index contributed by atoms with van der Waals surface area (Å²) < 4.78 is 0. The maximum atomic E-state index is 5.63. The van der Waals surface area contributed by atoms with Gasteiger partial charge in [0, 0.05) is 29.7 Å². The largest absolute Gasteiger partial charge is 0.404 e. The third kappa shape index (κ3) is 3.30. The standard InChI is InChI=1S/C13H19N5/c14-7-11(10-1-2-13(15)18-8-10)9-17-12-3-5-16-6-4-12/h1-2,7-9,12,16H,3-6,14H2,(H2,15,18)/b11-7+,17-9?. The van der Waals surface area contributed by atoms with E-state index in [9.17, 15) is 0 Å². The summed E-state index contributed by atoms with van der Waals surface area (Å²) in [5, 5.41) is 3.32. The van der Waals surface area contributed by atoms with Crippen molar-refractivity contribution in [2.24, 2.45) is 10.7 Å². The normalized spacial score (nSPS) is 18.3. The van der Waals surface area contributed by atoms with Crippen molar-refractivity contribution in [2.75, 3.05) is 18.8 Å². The van der Waals surface area contributed by atoms with Gasteiger partial charge in [0.2, 0.25) is 0 Å². The van der Waals surface area contributed by atoms with Crippen molar-refractivity contribution in [1.29, 1.82) is 0 Å². The molecule has 1 saturated heterocycles. The summed E-state index contributed by atoms with van der Waals surface area (Å²) in [7, 11) is 0. The molecule has 0 aromatic carbocycles. The number of allylic oxidation sites excluding steroid dienone is 1. The molecule has 1 aromatic rings. The third-order valence-corrected chi connectivity index (χ3v) is 3.03. The minimum absolute atomic E-state index is 0.392. The van der Waals surface area contributed by atoms with Crippen LogP contribution in [0.25, 0.3) is 5.57 Å². The molecule has 0 radical (unpaired) electrons. The van der Waals surface area contributed by atoms with E-state index in [0.717, 1.165) is 37.1 Å². The van der Waals surface area contributed by atoms with Crippen LogP contribution in [0, 0.1) is 0 Å². The molecular weight excluding hydrogens is 226 g/mol. The van der Waals surface area contributed by atoms with E-state index in [0.29, 0.717) is 11.9 Å². The van der Waals surface area contributed by atoms with E-state index in [-0.39, 0.29) is 0 Å². The van der Waals surface area contributed by atoms with E-state index in [1.165, 1.54) is 0 Å². The highest BCUT2D eigenvalue weighted by Crippen LogP contribution is 2.13. The Balaban J connectivity index is 2.05. The van der Waals surface area contributed by atoms with Gasteiger partial charge in [0.1, 0.15) is 5.82 Å². The molecular formula is C13H19N5. The lowest BCUT2D eigenvalue weighted by Crippen LogP contribution is -2.29. The molecule has 5 heteroatoms. The van der Waals surface area contributed by atoms with Crippen LogP contribution >= 0.6 is 0 Å². The number of nitrogens with one attached hydrogen (secondary N) is 1. The van der Waals surface area contributed by atoms with Gasteiger partial charge < -0.3 is 16.8 Å². The lowest BCUT2D eigenvalue weighted by molar-refractivity contribution is 0.461. The van der Waals surface area contributed by atoms with Crippen molar-refractivity contribution in [3.8, 4) is 0 Å². The molecule has 0 spiro atoms. The molecule has 0 saturated carbocycles. The average Bonchev–Trinajstić information content (AvgIpc) is 2.42. The Kier molecular flexibility index (Phi) is 4.30. The molecule has 5 N–H and O–H groups in total. The number of nitrogens with zero attached hydrogens (tertiary/aromatic N) is 2. The van der Waals surface area contributed by atoms with Crippen LogP contribution in [0.4, 0.5) is 5.82 Å². The second-order valence-corrected chi connectivity index (χ2v) is 4.35. The fourth-order valence-electron chi connectivity index (χ4n) is 1.93. The fourth-order valence-corrected chi connectivity index (χ4v) is 1.93. The first-order valence-electron chi connectivity index (χ1n) is 6.17. The first kappa shape index (κ1) is 12.6. The van der Waals surface area contributed by atoms with Gasteiger partial charge in [0.25, 0.3) is 0 Å². The van der Waals surface area contributed by atoms with Crippen LogP contribution in [0.3, 0.4) is 0 Å². The number of anilines is 1. The first-order valence-corrected chi connectivity index (χ1v) is 6.17. The number of piperidine rings is 1. The summed E-state index contributed by atoms with van der Waals surface area (Å²) in [5.74, 6) is 0.505. The predicted octanol–water partition coefficient (Wildman–Crippen LogP) is 0.786. The van der Waals surface area contributed by atoms with Gasteiger partial charge >= 0.3 is 0 Å². The number of aliphatic imine (C=N–C) groups is 1. The van der Waals surface area contributed by atoms with Crippen LogP contribution in [-0.4, -0.2) is 30.3 Å². The smallest absolute Gasteiger partial charge is 0.123 e. The fraction of sp³-hybridized carbons (Fsp3) is 0.385. The van der Waals surface area contributed by atoms with Crippen molar-refractivity contribution in [3.63, 3.8) is 0 Å². The Bertz CT molecular complexity index is 429. The Morgan fingerprint density at radius 3 is 2.78 bits per heavy atom. The van der Waals surface area contributed by atoms with E-state index < -0.39 is 0 Å². The minimum Gasteiger partial charge on any atom is -0.404 e. The van der Waals surface area contributed by atoms with E-state index >= 15 is 0 Å². The summed E-state index contributed by atoms with van der Waals surface area (Å²) in [6, 6.07) is 4.05. The number of nitrogen functional groups attached to an aromatic ring is 1. The van der Waals surface area contributed by atoms with Crippen molar-refractivity contribution >= 4 is 17.6 Å². The molecule has 1 aromatic heterocycles. The number of aromatic nitrogens is 1. The zero-order valence-corrected chi connectivity index (χ0v) is 10.3. The van der Waals surface area contributed by atoms with Gasteiger partial charge in [-0.3, -0.25) is 4.99 Å². The second-order valence-electron chi connectivity index (χ2n) is 4.35. The average molecular weight is 245 g/mol. The molecule has 1 fully saturated rings. The van der Waals surface area contributed by atoms with Crippen molar-refractivity contribution in [2.45, 2.75) is 18.9 Å². The molecule has 2 heterocycles. The Labute approximate surface area is 107 Å². The van der Waals surface area contributed by atoms with Crippen LogP contribution in [0.15, 0.2) is 29.5 Å². The first-order chi connectivity index (χ1) is 8.79. The molecule has 1 aliphatic heterocycles. The van der Waals surface area contributed by atoms with Crippen LogP contribution in [0.2, 0.25) is 0 Å². The van der Waals surface area contributed by atoms with E-state index in [2.05, 4.69) is 15.3 Å². The maximum absolute atomic E-state index is 5.63. The van der Waals surface area contributed by atoms with Gasteiger partial charge in [-0.05, 0) is 38.1 Å². The molecule has 2 rings (SSSR count). The van der Waals surface area contributed by atoms with Crippen LogP contribution in [0.1, 0.15) is 18.4 Å². The number of hydrogen-bond acceptors (Lipinski definition) is 5. The molecule has 96 valence electrons. The Morgan fingerprint density at radius 2 is 2.17 bits per heavy atom. The number of rotatable bonds is 3. The summed E-state index contributed by atoms with van der Waals surface area (Å²) in [6.45, 7) is 2.07. The van der Waals surface area contributed by atoms with Crippen LogP contribution in [-0.2, 0) is 0 Å². The van der Waals surface area contributed by atoms with Crippen LogP contribution in [0.5, 0.6) is 0 Å². The lowest BCUT2D eigenvalue weighted by Gasteiger charge is -2.18. The summed E-state index contributed by atoms with van der Waals surface area (Å²) in [6.07, 6.45) is 7.26. The third-order valence-electron chi connectivity index (χ3n) is 3.03. The van der Waals surface area contributed by atoms with E-state index in [1.54, 1.807) is 18.5 Å². The van der Waals surface area contributed by atoms with Crippen molar-refractivity contribution in [3.05, 3.63) is 30.1 Å². The zero-order valence-electron chi connectivity index (χ0n) is 10.3. The van der Waals surface area contributed by atoms with Gasteiger partial charge in [-0.25, -0.2) is 4.98 Å². The Morgan fingerprint density at radius 1 is 1.39 bits per heavy atom. The highest BCUT2D eigenvalue weighted by molar-refractivity contribution is 6.09. The predicted molar refractivity (Wildman–Crippen MR) is 75.2 cm³/mol. The summed E-state index contributed by atoms with van der Waals surface area (Å²) in [5.41, 5.74) is 13.0. The summed E-state index contributed by atoms with van der Waals surface area (Å²) in [4.78, 5) is 8.63. The van der Waals surface area contributed by atoms with Gasteiger partial charge in [-0.1, -0.05) is 0 Å². The molecule has 0 bridgehead atoms. The van der Waals surface area contributed by atoms with Gasteiger partial charge in [-0.2, -0.15) is 0 Å². The Hall–Kier alpha value is -1.88. The molecule has 0 unspecified atom stereocenters. The van der Waals surface area contributed by atoms with E-state index in [1.807, 2.05) is 12.3 Å². The molecule has 1 aliphatic rings. The topological polar surface area (TPSA) is 89.3 Å². The number of pyridine rings is 1.